The molecule has 1 atom stereocenters. The number of carbonyl (C=O) groups is 3. The lowest BCUT2D eigenvalue weighted by molar-refractivity contribution is -0.385. The van der Waals surface area contributed by atoms with E-state index in [9.17, 15) is 24.5 Å². The van der Waals surface area contributed by atoms with Crippen molar-refractivity contribution in [3.05, 3.63) is 40.3 Å². The molecule has 2 heterocycles. The van der Waals surface area contributed by atoms with Crippen LogP contribution in [-0.4, -0.2) is 43.2 Å². The zero-order valence-electron chi connectivity index (χ0n) is 12.2. The monoisotopic (exact) mass is 335 g/mol. The van der Waals surface area contributed by atoms with Crippen LogP contribution in [0.4, 0.5) is 5.69 Å². The summed E-state index contributed by atoms with van der Waals surface area (Å²) in [4.78, 5) is 47.9. The van der Waals surface area contributed by atoms with E-state index in [2.05, 4.69) is 10.3 Å². The van der Waals surface area contributed by atoms with Gasteiger partial charge in [-0.15, -0.1) is 0 Å². The van der Waals surface area contributed by atoms with Crippen molar-refractivity contribution >= 4 is 29.1 Å². The van der Waals surface area contributed by atoms with E-state index in [0.717, 1.165) is 0 Å². The topological polar surface area (TPSA) is 170 Å². The number of carbonyl (C=O) groups excluding carboxylic acids is 2. The van der Waals surface area contributed by atoms with Crippen LogP contribution in [0, 0.1) is 10.1 Å². The Labute approximate surface area is 134 Å². The van der Waals surface area contributed by atoms with Crippen molar-refractivity contribution in [3.8, 4) is 0 Å². The third-order valence-corrected chi connectivity index (χ3v) is 3.08. The summed E-state index contributed by atoms with van der Waals surface area (Å²) < 4.78 is 1.39. The molecule has 2 aromatic heterocycles. The molecule has 0 spiro atoms. The van der Waals surface area contributed by atoms with Crippen molar-refractivity contribution in [2.45, 2.75) is 18.9 Å². The fourth-order valence-electron chi connectivity index (χ4n) is 2.04. The van der Waals surface area contributed by atoms with Gasteiger partial charge in [0.1, 0.15) is 11.7 Å². The molecule has 2 amide bonds. The second-order valence-corrected chi connectivity index (χ2v) is 4.95. The number of amides is 2. The first kappa shape index (κ1) is 16.9. The minimum atomic E-state index is -1.42. The third-order valence-electron chi connectivity index (χ3n) is 3.08. The number of nitrogens with one attached hydrogen (secondary N) is 1. The summed E-state index contributed by atoms with van der Waals surface area (Å²) in [6.07, 6.45) is 1.89. The van der Waals surface area contributed by atoms with Crippen LogP contribution >= 0.6 is 0 Å². The predicted octanol–water partition coefficient (Wildman–Crippen LogP) is -0.770. The number of nitro groups is 1. The van der Waals surface area contributed by atoms with Crippen LogP contribution < -0.4 is 11.1 Å². The van der Waals surface area contributed by atoms with Crippen LogP contribution in [0.3, 0.4) is 0 Å². The number of carboxylic acid groups (broad SMARTS) is 1. The molecular formula is C13H13N5O6. The van der Waals surface area contributed by atoms with Gasteiger partial charge in [0.15, 0.2) is 0 Å². The fourth-order valence-corrected chi connectivity index (χ4v) is 2.04. The van der Waals surface area contributed by atoms with E-state index in [1.165, 1.54) is 28.9 Å². The molecular weight excluding hydrogens is 322 g/mol. The molecule has 0 radical (unpaired) electrons. The van der Waals surface area contributed by atoms with E-state index in [1.807, 2.05) is 0 Å². The Bertz CT molecular complexity index is 829. The van der Waals surface area contributed by atoms with Gasteiger partial charge in [-0.25, -0.2) is 9.78 Å². The summed E-state index contributed by atoms with van der Waals surface area (Å²) in [6.45, 7) is 0. The number of hydrogen-bond donors (Lipinski definition) is 3. The summed E-state index contributed by atoms with van der Waals surface area (Å²) in [6, 6.07) is 1.28. The van der Waals surface area contributed by atoms with E-state index < -0.39 is 35.2 Å². The molecule has 24 heavy (non-hydrogen) atoms. The first-order valence-corrected chi connectivity index (χ1v) is 6.68. The molecule has 2 rings (SSSR count). The lowest BCUT2D eigenvalue weighted by Crippen LogP contribution is -2.43. The second kappa shape index (κ2) is 6.73. The van der Waals surface area contributed by atoms with Gasteiger partial charge >= 0.3 is 5.97 Å². The van der Waals surface area contributed by atoms with Gasteiger partial charge in [-0.05, 0) is 6.07 Å². The normalized spacial score (nSPS) is 11.8. The summed E-state index contributed by atoms with van der Waals surface area (Å²) >= 11 is 0. The van der Waals surface area contributed by atoms with E-state index in [0.29, 0.717) is 5.65 Å². The number of aliphatic carboxylic acids is 1. The lowest BCUT2D eigenvalue weighted by Gasteiger charge is -2.11. The number of rotatable bonds is 7. The second-order valence-electron chi connectivity index (χ2n) is 4.95. The highest BCUT2D eigenvalue weighted by atomic mass is 16.6. The fraction of sp³-hybridized carbons (Fsp3) is 0.231. The Balaban J connectivity index is 2.10. The van der Waals surface area contributed by atoms with Gasteiger partial charge in [0.2, 0.25) is 11.8 Å². The molecule has 0 aliphatic rings. The van der Waals surface area contributed by atoms with E-state index in [4.69, 9.17) is 10.8 Å². The number of imidazole rings is 1. The summed E-state index contributed by atoms with van der Waals surface area (Å²) in [5.41, 5.74) is 5.48. The van der Waals surface area contributed by atoms with Gasteiger partial charge in [-0.1, -0.05) is 0 Å². The molecule has 0 saturated heterocycles. The lowest BCUT2D eigenvalue weighted by atomic mass is 10.2. The molecule has 11 nitrogen and oxygen atoms in total. The number of nitrogens with zero attached hydrogens (tertiary/aromatic N) is 3. The molecule has 0 aliphatic heterocycles. The summed E-state index contributed by atoms with van der Waals surface area (Å²) in [5.74, 6) is -2.91. The molecule has 1 unspecified atom stereocenters. The Kier molecular flexibility index (Phi) is 4.73. The molecule has 0 saturated carbocycles. The van der Waals surface area contributed by atoms with Gasteiger partial charge in [-0.3, -0.25) is 24.1 Å². The minimum Gasteiger partial charge on any atom is -0.480 e. The number of nitrogens with two attached hydrogens (primary N) is 1. The third kappa shape index (κ3) is 4.03. The maximum Gasteiger partial charge on any atom is 0.326 e. The molecule has 0 aromatic carbocycles. The standard InChI is InChI=1S/C13H13N5O6/c14-10(19)4-9(13(21)22)16-12(20)3-7-5-17-6-8(18(23)24)1-2-11(17)15-7/h1-2,5-6,9H,3-4H2,(H2,14,19)(H,16,20)(H,21,22). The molecule has 126 valence electrons. The first-order valence-electron chi connectivity index (χ1n) is 6.68. The predicted molar refractivity (Wildman–Crippen MR) is 78.9 cm³/mol. The maximum atomic E-state index is 11.9. The number of aromatic nitrogens is 2. The summed E-state index contributed by atoms with van der Waals surface area (Å²) in [7, 11) is 0. The van der Waals surface area contributed by atoms with Crippen molar-refractivity contribution in [1.29, 1.82) is 0 Å². The highest BCUT2D eigenvalue weighted by molar-refractivity contribution is 5.88. The SMILES string of the molecule is NC(=O)CC(NC(=O)Cc1cn2cc([N+](=O)[O-])ccc2n1)C(=O)O. The van der Waals surface area contributed by atoms with Gasteiger partial charge < -0.3 is 16.2 Å². The Morgan fingerprint density at radius 3 is 2.67 bits per heavy atom. The van der Waals surface area contributed by atoms with Gasteiger partial charge in [-0.2, -0.15) is 0 Å². The Morgan fingerprint density at radius 1 is 1.38 bits per heavy atom. The van der Waals surface area contributed by atoms with Crippen molar-refractivity contribution in [2.75, 3.05) is 0 Å². The number of primary amides is 1. The van der Waals surface area contributed by atoms with Crippen molar-refractivity contribution < 1.29 is 24.4 Å². The zero-order valence-corrected chi connectivity index (χ0v) is 12.2. The molecule has 4 N–H and O–H groups in total. The van der Waals surface area contributed by atoms with Crippen LogP contribution in [0.25, 0.3) is 5.65 Å². The van der Waals surface area contributed by atoms with Crippen LogP contribution in [0.15, 0.2) is 24.5 Å². The number of fused-ring (bicyclic) bond motifs is 1. The van der Waals surface area contributed by atoms with E-state index in [-0.39, 0.29) is 17.8 Å². The molecule has 0 fully saturated rings. The average Bonchev–Trinajstić information content (AvgIpc) is 2.86. The molecule has 0 aliphatic carbocycles. The maximum absolute atomic E-state index is 11.9. The Hall–Kier alpha value is -3.50. The number of pyridine rings is 1. The number of carboxylic acids is 1. The van der Waals surface area contributed by atoms with Gasteiger partial charge in [0.05, 0.1) is 29.7 Å². The first-order chi connectivity index (χ1) is 11.3. The van der Waals surface area contributed by atoms with Crippen molar-refractivity contribution in [3.63, 3.8) is 0 Å². The molecule has 0 bridgehead atoms. The van der Waals surface area contributed by atoms with Gasteiger partial charge in [0.25, 0.3) is 5.69 Å². The summed E-state index contributed by atoms with van der Waals surface area (Å²) in [5, 5.41) is 21.8. The molecule has 2 aromatic rings. The zero-order chi connectivity index (χ0) is 17.9. The number of hydrogen-bond acceptors (Lipinski definition) is 6. The van der Waals surface area contributed by atoms with Crippen LogP contribution in [0.1, 0.15) is 12.1 Å². The quantitative estimate of drug-likeness (QED) is 0.440. The van der Waals surface area contributed by atoms with E-state index >= 15 is 0 Å². The van der Waals surface area contributed by atoms with Crippen LogP contribution in [0.5, 0.6) is 0 Å². The smallest absolute Gasteiger partial charge is 0.326 e. The Morgan fingerprint density at radius 2 is 2.08 bits per heavy atom. The van der Waals surface area contributed by atoms with Crippen molar-refractivity contribution in [1.82, 2.24) is 14.7 Å². The van der Waals surface area contributed by atoms with E-state index in [1.54, 1.807) is 0 Å². The highest BCUT2D eigenvalue weighted by Crippen LogP contribution is 2.14. The minimum absolute atomic E-state index is 0.136. The largest absolute Gasteiger partial charge is 0.480 e. The van der Waals surface area contributed by atoms with Gasteiger partial charge in [0, 0.05) is 12.3 Å². The molecule has 11 heteroatoms. The highest BCUT2D eigenvalue weighted by Gasteiger charge is 2.22. The van der Waals surface area contributed by atoms with Crippen molar-refractivity contribution in [2.24, 2.45) is 5.73 Å². The average molecular weight is 335 g/mol. The van der Waals surface area contributed by atoms with Crippen LogP contribution in [-0.2, 0) is 20.8 Å². The van der Waals surface area contributed by atoms with Crippen LogP contribution in [0.2, 0.25) is 0 Å².